The number of carbonyl (C=O) groups is 1. The summed E-state index contributed by atoms with van der Waals surface area (Å²) < 4.78 is 3.42. The van der Waals surface area contributed by atoms with Crippen molar-refractivity contribution in [2.24, 2.45) is 7.05 Å². The number of nitrogens with one attached hydrogen (secondary N) is 1. The van der Waals surface area contributed by atoms with Crippen molar-refractivity contribution in [1.82, 2.24) is 24.0 Å². The second kappa shape index (κ2) is 6.22. The first-order chi connectivity index (χ1) is 12.9. The molecule has 0 bridgehead atoms. The van der Waals surface area contributed by atoms with Crippen LogP contribution in [0.5, 0.6) is 0 Å². The molecule has 1 amide bonds. The monoisotopic (exact) mass is 367 g/mol. The summed E-state index contributed by atoms with van der Waals surface area (Å²) in [5.74, 6) is -0.214. The number of hydrogen-bond acceptors (Lipinski definition) is 4. The van der Waals surface area contributed by atoms with Crippen LogP contribution in [0.25, 0.3) is 11.0 Å². The van der Waals surface area contributed by atoms with Crippen LogP contribution in [0.4, 0.5) is 0 Å². The van der Waals surface area contributed by atoms with E-state index in [0.717, 1.165) is 12.1 Å². The van der Waals surface area contributed by atoms with E-state index in [9.17, 15) is 14.4 Å². The highest BCUT2D eigenvalue weighted by Crippen LogP contribution is 2.30. The Morgan fingerprint density at radius 3 is 2.85 bits per heavy atom. The Labute approximate surface area is 155 Å². The topological polar surface area (TPSA) is 93.0 Å². The Morgan fingerprint density at radius 2 is 2.11 bits per heavy atom. The molecule has 0 saturated carbocycles. The molecule has 0 radical (unpaired) electrons. The molecule has 0 spiro atoms. The quantitative estimate of drug-likeness (QED) is 0.740. The van der Waals surface area contributed by atoms with Crippen LogP contribution in [0.15, 0.2) is 34.0 Å². The van der Waals surface area contributed by atoms with Crippen molar-refractivity contribution in [1.29, 1.82) is 0 Å². The number of nitrogens with zero attached hydrogens (tertiary/aromatic N) is 4. The van der Waals surface area contributed by atoms with Crippen LogP contribution in [0.3, 0.4) is 0 Å². The molecule has 0 aromatic carbocycles. The third kappa shape index (κ3) is 2.59. The van der Waals surface area contributed by atoms with Gasteiger partial charge in [0.1, 0.15) is 5.65 Å². The SMILES string of the molecule is CCC1c2cccn2CCN1C(=O)c1cc(C)nc2c1c(=O)[nH]c(=O)n2C. The van der Waals surface area contributed by atoms with E-state index in [0.29, 0.717) is 18.8 Å². The van der Waals surface area contributed by atoms with E-state index in [-0.39, 0.29) is 28.5 Å². The first-order valence-corrected chi connectivity index (χ1v) is 8.99. The number of aromatic amines is 1. The molecule has 1 aliphatic rings. The summed E-state index contributed by atoms with van der Waals surface area (Å²) in [5, 5.41) is 0.156. The molecular formula is C19H21N5O3. The van der Waals surface area contributed by atoms with E-state index in [1.54, 1.807) is 13.0 Å². The molecule has 0 fully saturated rings. The fourth-order valence-electron chi connectivity index (χ4n) is 3.92. The molecule has 0 saturated heterocycles. The average molecular weight is 367 g/mol. The van der Waals surface area contributed by atoms with Gasteiger partial charge in [-0.1, -0.05) is 6.92 Å². The highest BCUT2D eigenvalue weighted by atomic mass is 16.2. The van der Waals surface area contributed by atoms with Gasteiger partial charge in [-0.3, -0.25) is 19.1 Å². The van der Waals surface area contributed by atoms with Crippen molar-refractivity contribution in [3.8, 4) is 0 Å². The molecule has 1 unspecified atom stereocenters. The molecule has 1 aliphatic heterocycles. The largest absolute Gasteiger partial charge is 0.348 e. The minimum Gasteiger partial charge on any atom is -0.348 e. The standard InChI is InChI=1S/C19H21N5O3/c1-4-13-14-6-5-7-23(14)8-9-24(13)18(26)12-10-11(2)20-16-15(12)17(25)21-19(27)22(16)3/h5-7,10,13H,4,8-9H2,1-3H3,(H,21,25,27). The molecular weight excluding hydrogens is 346 g/mol. The van der Waals surface area contributed by atoms with E-state index < -0.39 is 11.2 Å². The molecule has 0 aliphatic carbocycles. The van der Waals surface area contributed by atoms with Crippen molar-refractivity contribution in [2.45, 2.75) is 32.9 Å². The number of H-pyrrole nitrogens is 1. The summed E-state index contributed by atoms with van der Waals surface area (Å²) in [4.78, 5) is 46.3. The summed E-state index contributed by atoms with van der Waals surface area (Å²) >= 11 is 0. The number of fused-ring (bicyclic) bond motifs is 2. The Bertz CT molecular complexity index is 1170. The van der Waals surface area contributed by atoms with Crippen LogP contribution >= 0.6 is 0 Å². The maximum absolute atomic E-state index is 13.5. The number of aromatic nitrogens is 4. The summed E-state index contributed by atoms with van der Waals surface area (Å²) in [6.07, 6.45) is 2.79. The Hall–Kier alpha value is -3.16. The van der Waals surface area contributed by atoms with Gasteiger partial charge in [0.05, 0.1) is 17.0 Å². The summed E-state index contributed by atoms with van der Waals surface area (Å²) in [6.45, 7) is 5.06. The molecule has 3 aromatic heterocycles. The predicted octanol–water partition coefficient (Wildman–Crippen LogP) is 1.34. The summed E-state index contributed by atoms with van der Waals surface area (Å²) in [5.41, 5.74) is 1.05. The highest BCUT2D eigenvalue weighted by molar-refractivity contribution is 6.05. The number of aryl methyl sites for hydroxylation is 2. The zero-order chi connectivity index (χ0) is 19.3. The van der Waals surface area contributed by atoms with Crippen molar-refractivity contribution in [3.05, 3.63) is 62.2 Å². The Kier molecular flexibility index (Phi) is 3.98. The van der Waals surface area contributed by atoms with Crippen LogP contribution in [-0.2, 0) is 13.6 Å². The minimum absolute atomic E-state index is 0.0589. The molecule has 4 heterocycles. The smallest absolute Gasteiger partial charge is 0.329 e. The van der Waals surface area contributed by atoms with Crippen LogP contribution < -0.4 is 11.2 Å². The van der Waals surface area contributed by atoms with Crippen LogP contribution in [-0.4, -0.2) is 36.5 Å². The lowest BCUT2D eigenvalue weighted by atomic mass is 10.0. The zero-order valence-corrected chi connectivity index (χ0v) is 15.5. The highest BCUT2D eigenvalue weighted by Gasteiger charge is 2.31. The first-order valence-electron chi connectivity index (χ1n) is 8.99. The van der Waals surface area contributed by atoms with Gasteiger partial charge in [0.2, 0.25) is 0 Å². The fourth-order valence-corrected chi connectivity index (χ4v) is 3.92. The zero-order valence-electron chi connectivity index (χ0n) is 15.5. The molecule has 3 aromatic rings. The molecule has 8 heteroatoms. The maximum Gasteiger partial charge on any atom is 0.329 e. The number of amides is 1. The second-order valence-corrected chi connectivity index (χ2v) is 6.88. The predicted molar refractivity (Wildman–Crippen MR) is 101 cm³/mol. The van der Waals surface area contributed by atoms with Crippen LogP contribution in [0.2, 0.25) is 0 Å². The average Bonchev–Trinajstić information content (AvgIpc) is 3.12. The lowest BCUT2D eigenvalue weighted by molar-refractivity contribution is 0.0619. The van der Waals surface area contributed by atoms with E-state index >= 15 is 0 Å². The molecule has 1 N–H and O–H groups in total. The normalized spacial score (nSPS) is 16.6. The van der Waals surface area contributed by atoms with Gasteiger partial charge in [0, 0.05) is 37.7 Å². The molecule has 1 atom stereocenters. The molecule has 27 heavy (non-hydrogen) atoms. The van der Waals surface area contributed by atoms with Crippen molar-refractivity contribution >= 4 is 16.9 Å². The third-order valence-electron chi connectivity index (χ3n) is 5.24. The fraction of sp³-hybridized carbons (Fsp3) is 0.368. The van der Waals surface area contributed by atoms with Crippen molar-refractivity contribution in [2.75, 3.05) is 6.54 Å². The molecule has 140 valence electrons. The number of carbonyl (C=O) groups excluding carboxylic acids is 1. The summed E-state index contributed by atoms with van der Waals surface area (Å²) in [6, 6.07) is 5.58. The Balaban J connectivity index is 1.90. The molecule has 4 rings (SSSR count). The summed E-state index contributed by atoms with van der Waals surface area (Å²) in [7, 11) is 1.53. The number of rotatable bonds is 2. The number of pyridine rings is 1. The van der Waals surface area contributed by atoms with E-state index in [2.05, 4.69) is 14.5 Å². The van der Waals surface area contributed by atoms with Gasteiger partial charge in [-0.25, -0.2) is 9.78 Å². The van der Waals surface area contributed by atoms with E-state index in [1.165, 1.54) is 11.6 Å². The van der Waals surface area contributed by atoms with Gasteiger partial charge in [-0.2, -0.15) is 0 Å². The van der Waals surface area contributed by atoms with Gasteiger partial charge >= 0.3 is 5.69 Å². The van der Waals surface area contributed by atoms with Gasteiger partial charge in [-0.05, 0) is 31.5 Å². The van der Waals surface area contributed by atoms with Gasteiger partial charge in [-0.15, -0.1) is 0 Å². The molecule has 8 nitrogen and oxygen atoms in total. The van der Waals surface area contributed by atoms with Crippen molar-refractivity contribution < 1.29 is 4.79 Å². The van der Waals surface area contributed by atoms with Gasteiger partial charge in [0.15, 0.2) is 0 Å². The second-order valence-electron chi connectivity index (χ2n) is 6.88. The minimum atomic E-state index is -0.586. The van der Waals surface area contributed by atoms with E-state index in [1.807, 2.05) is 30.2 Å². The van der Waals surface area contributed by atoms with E-state index in [4.69, 9.17) is 0 Å². The Morgan fingerprint density at radius 1 is 1.33 bits per heavy atom. The van der Waals surface area contributed by atoms with Crippen LogP contribution in [0.1, 0.15) is 41.1 Å². The maximum atomic E-state index is 13.5. The third-order valence-corrected chi connectivity index (χ3v) is 5.24. The lowest BCUT2D eigenvalue weighted by Crippen LogP contribution is -2.42. The first kappa shape index (κ1) is 17.3. The number of hydrogen-bond donors (Lipinski definition) is 1. The van der Waals surface area contributed by atoms with Crippen LogP contribution in [0, 0.1) is 6.92 Å². The van der Waals surface area contributed by atoms with Gasteiger partial charge < -0.3 is 9.47 Å². The lowest BCUT2D eigenvalue weighted by Gasteiger charge is -2.36. The van der Waals surface area contributed by atoms with Crippen molar-refractivity contribution in [3.63, 3.8) is 0 Å². The van der Waals surface area contributed by atoms with Gasteiger partial charge in [0.25, 0.3) is 11.5 Å².